The van der Waals surface area contributed by atoms with E-state index in [1.165, 1.54) is 38.9 Å². The lowest BCUT2D eigenvalue weighted by Crippen LogP contribution is -2.38. The summed E-state index contributed by atoms with van der Waals surface area (Å²) in [5, 5.41) is 3.53. The first-order chi connectivity index (χ1) is 8.93. The minimum Gasteiger partial charge on any atom is -0.383 e. The lowest BCUT2D eigenvalue weighted by atomic mass is 9.77. The molecule has 0 radical (unpaired) electrons. The van der Waals surface area contributed by atoms with Crippen LogP contribution in [-0.4, -0.2) is 50.8 Å². The van der Waals surface area contributed by atoms with Gasteiger partial charge in [-0.05, 0) is 50.6 Å². The summed E-state index contributed by atoms with van der Waals surface area (Å²) in [6.45, 7) is 14.9. The molecule has 114 valence electrons. The molecule has 0 amide bonds. The highest BCUT2D eigenvalue weighted by molar-refractivity contribution is 4.79. The molecule has 1 fully saturated rings. The Hall–Kier alpha value is -0.120. The maximum Gasteiger partial charge on any atom is 0.0613 e. The van der Waals surface area contributed by atoms with Gasteiger partial charge >= 0.3 is 0 Å². The fraction of sp³-hybridized carbons (Fsp3) is 1.00. The highest BCUT2D eigenvalue weighted by Gasteiger charge is 2.26. The maximum absolute atomic E-state index is 5.14. The van der Waals surface area contributed by atoms with Crippen LogP contribution in [0.2, 0.25) is 0 Å². The Morgan fingerprint density at radius 2 is 2.00 bits per heavy atom. The quantitative estimate of drug-likeness (QED) is 0.803. The Labute approximate surface area is 120 Å². The molecule has 1 aliphatic rings. The minimum atomic E-state index is 0.458. The first kappa shape index (κ1) is 16.9. The Morgan fingerprint density at radius 3 is 2.63 bits per heavy atom. The second-order valence-corrected chi connectivity index (χ2v) is 7.15. The molecule has 1 N–H and O–H groups in total. The van der Waals surface area contributed by atoms with Crippen LogP contribution in [0.25, 0.3) is 0 Å². The van der Waals surface area contributed by atoms with Gasteiger partial charge < -0.3 is 15.0 Å². The van der Waals surface area contributed by atoms with Crippen molar-refractivity contribution < 1.29 is 4.74 Å². The van der Waals surface area contributed by atoms with Gasteiger partial charge in [0.05, 0.1) is 6.61 Å². The van der Waals surface area contributed by atoms with Crippen molar-refractivity contribution in [2.24, 2.45) is 11.3 Å². The van der Waals surface area contributed by atoms with Crippen LogP contribution in [0, 0.1) is 11.3 Å². The zero-order valence-electron chi connectivity index (χ0n) is 13.7. The van der Waals surface area contributed by atoms with Gasteiger partial charge in [-0.15, -0.1) is 0 Å². The van der Waals surface area contributed by atoms with E-state index in [9.17, 15) is 0 Å². The van der Waals surface area contributed by atoms with Crippen LogP contribution >= 0.6 is 0 Å². The Morgan fingerprint density at radius 1 is 1.26 bits per heavy atom. The summed E-state index contributed by atoms with van der Waals surface area (Å²) < 4.78 is 5.14. The number of hydrogen-bond acceptors (Lipinski definition) is 3. The number of nitrogens with one attached hydrogen (secondary N) is 1. The number of hydrogen-bond donors (Lipinski definition) is 1. The van der Waals surface area contributed by atoms with Gasteiger partial charge in [0.2, 0.25) is 0 Å². The van der Waals surface area contributed by atoms with Gasteiger partial charge in [-0.1, -0.05) is 20.8 Å². The van der Waals surface area contributed by atoms with Crippen molar-refractivity contribution in [2.45, 2.75) is 53.0 Å². The molecule has 1 heterocycles. The highest BCUT2D eigenvalue weighted by atomic mass is 16.5. The maximum atomic E-state index is 5.14. The summed E-state index contributed by atoms with van der Waals surface area (Å²) in [4.78, 5) is 2.62. The molecular formula is C16H34N2O. The van der Waals surface area contributed by atoms with Crippen LogP contribution in [0.15, 0.2) is 0 Å². The van der Waals surface area contributed by atoms with Crippen molar-refractivity contribution in [3.63, 3.8) is 0 Å². The second kappa shape index (κ2) is 8.23. The molecule has 1 rings (SSSR count). The number of rotatable bonds is 6. The largest absolute Gasteiger partial charge is 0.383 e. The Balaban J connectivity index is 2.22. The first-order valence-corrected chi connectivity index (χ1v) is 7.88. The third-order valence-corrected chi connectivity index (χ3v) is 4.38. The van der Waals surface area contributed by atoms with Crippen LogP contribution in [0.1, 0.15) is 47.0 Å². The molecule has 0 aromatic rings. The van der Waals surface area contributed by atoms with Gasteiger partial charge in [-0.3, -0.25) is 0 Å². The number of nitrogens with zero attached hydrogens (tertiary/aromatic N) is 1. The van der Waals surface area contributed by atoms with Crippen molar-refractivity contribution >= 4 is 0 Å². The fourth-order valence-electron chi connectivity index (χ4n) is 3.02. The Bertz CT molecular complexity index is 237. The lowest BCUT2D eigenvalue weighted by Gasteiger charge is -2.29. The van der Waals surface area contributed by atoms with E-state index in [2.05, 4.69) is 37.9 Å². The summed E-state index contributed by atoms with van der Waals surface area (Å²) in [7, 11) is 1.76. The highest BCUT2D eigenvalue weighted by Crippen LogP contribution is 2.34. The van der Waals surface area contributed by atoms with Gasteiger partial charge in [0, 0.05) is 26.2 Å². The van der Waals surface area contributed by atoms with E-state index in [1.807, 2.05) is 0 Å². The van der Waals surface area contributed by atoms with Crippen LogP contribution in [-0.2, 0) is 4.74 Å². The zero-order valence-corrected chi connectivity index (χ0v) is 13.7. The van der Waals surface area contributed by atoms with Crippen molar-refractivity contribution in [3.8, 4) is 0 Å². The monoisotopic (exact) mass is 270 g/mol. The molecule has 1 saturated heterocycles. The first-order valence-electron chi connectivity index (χ1n) is 7.88. The van der Waals surface area contributed by atoms with Gasteiger partial charge in [0.15, 0.2) is 0 Å². The van der Waals surface area contributed by atoms with Crippen molar-refractivity contribution in [1.82, 2.24) is 10.2 Å². The smallest absolute Gasteiger partial charge is 0.0613 e. The lowest BCUT2D eigenvalue weighted by molar-refractivity contribution is 0.168. The van der Waals surface area contributed by atoms with Crippen LogP contribution in [0.5, 0.6) is 0 Å². The molecule has 0 aromatic carbocycles. The molecule has 3 heteroatoms. The second-order valence-electron chi connectivity index (χ2n) is 7.15. The normalized spacial score (nSPS) is 24.2. The summed E-state index contributed by atoms with van der Waals surface area (Å²) in [6.07, 6.45) is 4.11. The molecule has 0 aliphatic carbocycles. The summed E-state index contributed by atoms with van der Waals surface area (Å²) in [6, 6.07) is 0.458. The van der Waals surface area contributed by atoms with Crippen molar-refractivity contribution in [2.75, 3.05) is 39.9 Å². The third kappa shape index (κ3) is 6.73. The molecule has 1 aliphatic heterocycles. The van der Waals surface area contributed by atoms with E-state index in [-0.39, 0.29) is 0 Å². The van der Waals surface area contributed by atoms with E-state index in [0.717, 1.165) is 19.1 Å². The number of likely N-dealkylation sites (tertiary alicyclic amines) is 1. The minimum absolute atomic E-state index is 0.458. The SMILES string of the molecule is COCC(C)NCCN1CCCC(C(C)(C)C)CC1. The number of methoxy groups -OCH3 is 1. The van der Waals surface area contributed by atoms with Gasteiger partial charge in [0.1, 0.15) is 0 Å². The van der Waals surface area contributed by atoms with E-state index >= 15 is 0 Å². The number of ether oxygens (including phenoxy) is 1. The van der Waals surface area contributed by atoms with E-state index < -0.39 is 0 Å². The fourth-order valence-corrected chi connectivity index (χ4v) is 3.02. The topological polar surface area (TPSA) is 24.5 Å². The molecule has 0 spiro atoms. The molecule has 19 heavy (non-hydrogen) atoms. The molecule has 3 nitrogen and oxygen atoms in total. The van der Waals surface area contributed by atoms with Crippen LogP contribution < -0.4 is 5.32 Å². The zero-order chi connectivity index (χ0) is 14.3. The molecular weight excluding hydrogens is 236 g/mol. The molecule has 0 aromatic heterocycles. The van der Waals surface area contributed by atoms with Gasteiger partial charge in [-0.2, -0.15) is 0 Å². The predicted octanol–water partition coefficient (Wildman–Crippen LogP) is 2.76. The third-order valence-electron chi connectivity index (χ3n) is 4.38. The average molecular weight is 270 g/mol. The standard InChI is InChI=1S/C16H34N2O/c1-14(13-19-5)17-9-12-18-10-6-7-15(8-11-18)16(2,3)4/h14-15,17H,6-13H2,1-5H3. The summed E-state index contributed by atoms with van der Waals surface area (Å²) >= 11 is 0. The average Bonchev–Trinajstić information content (AvgIpc) is 2.54. The summed E-state index contributed by atoms with van der Waals surface area (Å²) in [5.74, 6) is 0.887. The van der Waals surface area contributed by atoms with E-state index in [1.54, 1.807) is 7.11 Å². The van der Waals surface area contributed by atoms with Crippen LogP contribution in [0.4, 0.5) is 0 Å². The summed E-state index contributed by atoms with van der Waals surface area (Å²) in [5.41, 5.74) is 0.473. The molecule has 0 bridgehead atoms. The van der Waals surface area contributed by atoms with E-state index in [4.69, 9.17) is 4.74 Å². The Kier molecular flexibility index (Phi) is 7.33. The van der Waals surface area contributed by atoms with E-state index in [0.29, 0.717) is 11.5 Å². The van der Waals surface area contributed by atoms with Crippen molar-refractivity contribution in [1.29, 1.82) is 0 Å². The molecule has 0 saturated carbocycles. The van der Waals surface area contributed by atoms with Crippen molar-refractivity contribution in [3.05, 3.63) is 0 Å². The van der Waals surface area contributed by atoms with Crippen LogP contribution in [0.3, 0.4) is 0 Å². The van der Waals surface area contributed by atoms with Gasteiger partial charge in [-0.25, -0.2) is 0 Å². The molecule has 2 unspecified atom stereocenters. The predicted molar refractivity (Wildman–Crippen MR) is 82.6 cm³/mol. The van der Waals surface area contributed by atoms with Gasteiger partial charge in [0.25, 0.3) is 0 Å². The molecule has 2 atom stereocenters.